The third-order valence-corrected chi connectivity index (χ3v) is 7.86. The zero-order valence-electron chi connectivity index (χ0n) is 23.2. The Morgan fingerprint density at radius 1 is 0.974 bits per heavy atom. The summed E-state index contributed by atoms with van der Waals surface area (Å²) in [6, 6.07) is 26.4. The standard InChI is InChI=1S/C32H36N4O3/c1-31(2)19-28(22-9-7-6-8-10-22)35-29-27(20-34-36(29)31)30(37)33-21-32(3,23-11-15-25(38-4)16-12-23)24-13-17-26(39-5)18-14-24/h6-18,20,28,35H,19,21H2,1-5H3,(H,33,37). The SMILES string of the molecule is COc1ccc(C(C)(CNC(=O)c2cnn3c2NC(c2ccccc2)CC3(C)C)c2ccc(OC)cc2)cc1. The van der Waals surface area contributed by atoms with E-state index in [9.17, 15) is 4.79 Å². The third-order valence-electron chi connectivity index (χ3n) is 7.86. The van der Waals surface area contributed by atoms with Crippen LogP contribution in [0.5, 0.6) is 11.5 Å². The normalized spacial score (nSPS) is 16.1. The van der Waals surface area contributed by atoms with Crippen molar-refractivity contribution in [2.45, 2.75) is 44.2 Å². The number of hydrogen-bond acceptors (Lipinski definition) is 5. The molecule has 7 heteroatoms. The molecule has 0 bridgehead atoms. The van der Waals surface area contributed by atoms with E-state index >= 15 is 0 Å². The maximum atomic E-state index is 13.7. The Morgan fingerprint density at radius 2 is 1.54 bits per heavy atom. The first-order chi connectivity index (χ1) is 18.7. The second-order valence-corrected chi connectivity index (χ2v) is 10.9. The summed E-state index contributed by atoms with van der Waals surface area (Å²) in [6.45, 7) is 6.84. The number of anilines is 1. The van der Waals surface area contributed by atoms with Gasteiger partial charge in [0.25, 0.3) is 5.91 Å². The first-order valence-corrected chi connectivity index (χ1v) is 13.2. The number of carbonyl (C=O) groups excluding carboxylic acids is 1. The first-order valence-electron chi connectivity index (χ1n) is 13.2. The molecule has 39 heavy (non-hydrogen) atoms. The number of methoxy groups -OCH3 is 2. The Kier molecular flexibility index (Phi) is 7.08. The van der Waals surface area contributed by atoms with Gasteiger partial charge in [-0.3, -0.25) is 4.79 Å². The van der Waals surface area contributed by atoms with Gasteiger partial charge in [0.05, 0.1) is 32.0 Å². The third kappa shape index (κ3) is 5.09. The molecule has 202 valence electrons. The van der Waals surface area contributed by atoms with Gasteiger partial charge in [0, 0.05) is 12.0 Å². The van der Waals surface area contributed by atoms with Crippen molar-refractivity contribution in [2.75, 3.05) is 26.1 Å². The predicted octanol–water partition coefficient (Wildman–Crippen LogP) is 5.93. The van der Waals surface area contributed by atoms with E-state index in [4.69, 9.17) is 9.47 Å². The van der Waals surface area contributed by atoms with E-state index in [1.807, 2.05) is 71.4 Å². The fourth-order valence-corrected chi connectivity index (χ4v) is 5.44. The van der Waals surface area contributed by atoms with Gasteiger partial charge in [-0.1, -0.05) is 54.6 Å². The van der Waals surface area contributed by atoms with Gasteiger partial charge in [-0.05, 0) is 68.1 Å². The molecule has 1 amide bonds. The van der Waals surface area contributed by atoms with E-state index in [0.29, 0.717) is 12.1 Å². The van der Waals surface area contributed by atoms with Crippen molar-refractivity contribution in [1.29, 1.82) is 0 Å². The summed E-state index contributed by atoms with van der Waals surface area (Å²) in [6.07, 6.45) is 2.53. The summed E-state index contributed by atoms with van der Waals surface area (Å²) in [5, 5.41) is 11.4. The summed E-state index contributed by atoms with van der Waals surface area (Å²) >= 11 is 0. The van der Waals surface area contributed by atoms with E-state index in [0.717, 1.165) is 34.9 Å². The predicted molar refractivity (Wildman–Crippen MR) is 154 cm³/mol. The largest absolute Gasteiger partial charge is 0.497 e. The zero-order chi connectivity index (χ0) is 27.6. The molecule has 0 radical (unpaired) electrons. The lowest BCUT2D eigenvalue weighted by atomic mass is 9.76. The van der Waals surface area contributed by atoms with Gasteiger partial charge in [0.1, 0.15) is 22.9 Å². The number of fused-ring (bicyclic) bond motifs is 1. The molecule has 0 saturated heterocycles. The smallest absolute Gasteiger partial charge is 0.256 e. The minimum atomic E-state index is -0.499. The van der Waals surface area contributed by atoms with Crippen LogP contribution in [0.15, 0.2) is 85.1 Å². The van der Waals surface area contributed by atoms with Crippen molar-refractivity contribution in [3.63, 3.8) is 0 Å². The average Bonchev–Trinajstić information content (AvgIpc) is 3.41. The molecule has 0 saturated carbocycles. The lowest BCUT2D eigenvalue weighted by Gasteiger charge is -2.38. The van der Waals surface area contributed by atoms with E-state index in [2.05, 4.69) is 48.6 Å². The van der Waals surface area contributed by atoms with Crippen molar-refractivity contribution in [1.82, 2.24) is 15.1 Å². The summed E-state index contributed by atoms with van der Waals surface area (Å²) in [5.74, 6) is 2.15. The van der Waals surface area contributed by atoms with Crippen molar-refractivity contribution in [3.8, 4) is 11.5 Å². The lowest BCUT2D eigenvalue weighted by Crippen LogP contribution is -2.41. The molecule has 1 unspecified atom stereocenters. The summed E-state index contributed by atoms with van der Waals surface area (Å²) < 4.78 is 12.7. The summed E-state index contributed by atoms with van der Waals surface area (Å²) in [5.41, 5.74) is 3.11. The maximum Gasteiger partial charge on any atom is 0.256 e. The van der Waals surface area contributed by atoms with E-state index in [1.54, 1.807) is 20.4 Å². The van der Waals surface area contributed by atoms with Crippen LogP contribution in [-0.2, 0) is 11.0 Å². The average molecular weight is 525 g/mol. The van der Waals surface area contributed by atoms with Gasteiger partial charge >= 0.3 is 0 Å². The maximum absolute atomic E-state index is 13.7. The molecule has 7 nitrogen and oxygen atoms in total. The van der Waals surface area contributed by atoms with Crippen LogP contribution in [0.3, 0.4) is 0 Å². The minimum absolute atomic E-state index is 0.0841. The van der Waals surface area contributed by atoms with Crippen LogP contribution in [-0.4, -0.2) is 36.5 Å². The van der Waals surface area contributed by atoms with Gasteiger partial charge in [0.15, 0.2) is 0 Å². The van der Waals surface area contributed by atoms with Crippen molar-refractivity contribution in [2.24, 2.45) is 0 Å². The molecule has 1 aromatic heterocycles. The molecule has 0 aliphatic carbocycles. The number of nitrogens with one attached hydrogen (secondary N) is 2. The second kappa shape index (κ2) is 10.5. The Morgan fingerprint density at radius 3 is 2.08 bits per heavy atom. The minimum Gasteiger partial charge on any atom is -0.497 e. The molecule has 4 aromatic rings. The second-order valence-electron chi connectivity index (χ2n) is 10.9. The molecule has 1 aliphatic rings. The fourth-order valence-electron chi connectivity index (χ4n) is 5.44. The molecule has 2 N–H and O–H groups in total. The number of carbonyl (C=O) groups is 1. The highest BCUT2D eigenvalue weighted by atomic mass is 16.5. The Balaban J connectivity index is 1.43. The van der Waals surface area contributed by atoms with Crippen LogP contribution in [0.4, 0.5) is 5.82 Å². The van der Waals surface area contributed by atoms with E-state index < -0.39 is 5.41 Å². The monoisotopic (exact) mass is 524 g/mol. The lowest BCUT2D eigenvalue weighted by molar-refractivity contribution is 0.0947. The Bertz CT molecular complexity index is 1380. The number of rotatable bonds is 8. The fraction of sp³-hybridized carbons (Fsp3) is 0.312. The number of aromatic nitrogens is 2. The quantitative estimate of drug-likeness (QED) is 0.299. The first kappa shape index (κ1) is 26.4. The topological polar surface area (TPSA) is 77.4 Å². The number of ether oxygens (including phenoxy) is 2. The van der Waals surface area contributed by atoms with Crippen LogP contribution in [0.1, 0.15) is 60.3 Å². The van der Waals surface area contributed by atoms with Crippen molar-refractivity contribution >= 4 is 11.7 Å². The van der Waals surface area contributed by atoms with Crippen LogP contribution in [0, 0.1) is 0 Å². The van der Waals surface area contributed by atoms with Crippen LogP contribution in [0.2, 0.25) is 0 Å². The molecule has 3 aromatic carbocycles. The van der Waals surface area contributed by atoms with Crippen molar-refractivity contribution < 1.29 is 14.3 Å². The number of hydrogen-bond donors (Lipinski definition) is 2. The highest BCUT2D eigenvalue weighted by Gasteiger charge is 2.37. The van der Waals surface area contributed by atoms with Crippen LogP contribution >= 0.6 is 0 Å². The van der Waals surface area contributed by atoms with Gasteiger partial charge in [-0.15, -0.1) is 0 Å². The molecular weight excluding hydrogens is 488 g/mol. The van der Waals surface area contributed by atoms with E-state index in [1.165, 1.54) is 5.56 Å². The van der Waals surface area contributed by atoms with Crippen molar-refractivity contribution in [3.05, 3.63) is 107 Å². The van der Waals surface area contributed by atoms with Gasteiger partial charge in [0.2, 0.25) is 0 Å². The van der Waals surface area contributed by atoms with Crippen LogP contribution < -0.4 is 20.1 Å². The highest BCUT2D eigenvalue weighted by Crippen LogP contribution is 2.40. The van der Waals surface area contributed by atoms with E-state index in [-0.39, 0.29) is 17.5 Å². The summed E-state index contributed by atoms with van der Waals surface area (Å²) in [4.78, 5) is 13.7. The Labute approximate surface area is 230 Å². The molecular formula is C32H36N4O3. The number of nitrogens with zero attached hydrogens (tertiary/aromatic N) is 2. The zero-order valence-corrected chi connectivity index (χ0v) is 23.2. The highest BCUT2D eigenvalue weighted by molar-refractivity contribution is 5.99. The van der Waals surface area contributed by atoms with Gasteiger partial charge in [-0.2, -0.15) is 5.10 Å². The molecule has 1 aliphatic heterocycles. The van der Waals surface area contributed by atoms with Crippen LogP contribution in [0.25, 0.3) is 0 Å². The molecule has 2 heterocycles. The molecule has 0 fully saturated rings. The number of amides is 1. The molecule has 5 rings (SSSR count). The van der Waals surface area contributed by atoms with Gasteiger partial charge < -0.3 is 20.1 Å². The number of benzene rings is 3. The molecule has 0 spiro atoms. The molecule has 1 atom stereocenters. The van der Waals surface area contributed by atoms with Gasteiger partial charge in [-0.25, -0.2) is 4.68 Å². The Hall–Kier alpha value is -4.26. The summed E-state index contributed by atoms with van der Waals surface area (Å²) in [7, 11) is 3.31.